The molecule has 2 amide bonds. The van der Waals surface area contributed by atoms with Gasteiger partial charge >= 0.3 is 6.09 Å². The minimum Gasteiger partial charge on any atom is -0.444 e. The number of nitrogens with two attached hydrogens (primary N) is 1. The average molecular weight is 460 g/mol. The number of carbonyl (C=O) groups excluding carboxylic acids is 2. The van der Waals surface area contributed by atoms with Gasteiger partial charge in [0.2, 0.25) is 0 Å². The van der Waals surface area contributed by atoms with Crippen molar-refractivity contribution in [1.29, 1.82) is 5.41 Å². The SMILES string of the molecule is N=C(N)N(Cc1ccccc1)C(=O)C1CCc2ncc(NC(=O)OCc3ccccc3)c(=O)n21. The standard InChI is InChI=1S/C24H24N6O4/c25-23(26)29(14-16-7-3-1-4-8-16)22(32)19-11-12-20-27-13-18(21(31)30(19)20)28-24(33)34-15-17-9-5-2-6-10-17/h1-10,13,19H,11-12,14-15H2,(H3,25,26)(H,28,33). The molecule has 1 aliphatic heterocycles. The van der Waals surface area contributed by atoms with Gasteiger partial charge in [-0.1, -0.05) is 60.7 Å². The molecule has 0 fully saturated rings. The van der Waals surface area contributed by atoms with Crippen LogP contribution in [0.2, 0.25) is 0 Å². The third-order valence-electron chi connectivity index (χ3n) is 5.50. The van der Waals surface area contributed by atoms with Crippen LogP contribution in [0.1, 0.15) is 29.4 Å². The third-order valence-corrected chi connectivity index (χ3v) is 5.50. The topological polar surface area (TPSA) is 143 Å². The van der Waals surface area contributed by atoms with Gasteiger partial charge < -0.3 is 10.5 Å². The molecule has 174 valence electrons. The fraction of sp³-hybridized carbons (Fsp3) is 0.208. The summed E-state index contributed by atoms with van der Waals surface area (Å²) in [5, 5.41) is 10.3. The second-order valence-electron chi connectivity index (χ2n) is 7.80. The molecular formula is C24H24N6O4. The van der Waals surface area contributed by atoms with Crippen molar-refractivity contribution in [2.75, 3.05) is 5.32 Å². The molecule has 1 unspecified atom stereocenters. The molecule has 1 aliphatic rings. The number of nitrogens with one attached hydrogen (secondary N) is 2. The maximum Gasteiger partial charge on any atom is 0.412 e. The van der Waals surface area contributed by atoms with Crippen LogP contribution < -0.4 is 16.6 Å². The van der Waals surface area contributed by atoms with Crippen LogP contribution >= 0.6 is 0 Å². The molecule has 0 spiro atoms. The van der Waals surface area contributed by atoms with E-state index >= 15 is 0 Å². The first-order valence-electron chi connectivity index (χ1n) is 10.7. The van der Waals surface area contributed by atoms with Gasteiger partial charge in [-0.05, 0) is 17.5 Å². The molecule has 0 saturated heterocycles. The number of ether oxygens (including phenoxy) is 1. The molecule has 2 aromatic carbocycles. The summed E-state index contributed by atoms with van der Waals surface area (Å²) < 4.78 is 6.43. The van der Waals surface area contributed by atoms with Gasteiger partial charge in [-0.15, -0.1) is 0 Å². The zero-order valence-electron chi connectivity index (χ0n) is 18.3. The lowest BCUT2D eigenvalue weighted by molar-refractivity contribution is -0.131. The van der Waals surface area contributed by atoms with Crippen molar-refractivity contribution in [1.82, 2.24) is 14.5 Å². The van der Waals surface area contributed by atoms with E-state index in [0.29, 0.717) is 18.7 Å². The minimum absolute atomic E-state index is 0.0422. The van der Waals surface area contributed by atoms with Crippen molar-refractivity contribution in [2.45, 2.75) is 32.0 Å². The van der Waals surface area contributed by atoms with Crippen molar-refractivity contribution in [3.8, 4) is 0 Å². The van der Waals surface area contributed by atoms with E-state index in [1.165, 1.54) is 10.8 Å². The lowest BCUT2D eigenvalue weighted by Crippen LogP contribution is -2.45. The molecule has 1 aromatic heterocycles. The van der Waals surface area contributed by atoms with Crippen LogP contribution in [0.15, 0.2) is 71.7 Å². The molecule has 0 aliphatic carbocycles. The first kappa shape index (κ1) is 22.7. The smallest absolute Gasteiger partial charge is 0.412 e. The summed E-state index contributed by atoms with van der Waals surface area (Å²) in [5.74, 6) is -0.473. The van der Waals surface area contributed by atoms with Gasteiger partial charge in [-0.2, -0.15) is 0 Å². The Labute approximate surface area is 195 Å². The number of anilines is 1. The Morgan fingerprint density at radius 1 is 1.12 bits per heavy atom. The molecule has 3 aromatic rings. The third kappa shape index (κ3) is 4.96. The summed E-state index contributed by atoms with van der Waals surface area (Å²) in [6.45, 7) is 0.146. The zero-order valence-corrected chi connectivity index (χ0v) is 18.3. The van der Waals surface area contributed by atoms with Crippen LogP contribution in [-0.4, -0.2) is 32.4 Å². The Morgan fingerprint density at radius 2 is 1.76 bits per heavy atom. The lowest BCUT2D eigenvalue weighted by atomic mass is 10.1. The largest absolute Gasteiger partial charge is 0.444 e. The highest BCUT2D eigenvalue weighted by Crippen LogP contribution is 2.26. The van der Waals surface area contributed by atoms with Crippen LogP contribution in [0.3, 0.4) is 0 Å². The highest BCUT2D eigenvalue weighted by atomic mass is 16.5. The van der Waals surface area contributed by atoms with Crippen LogP contribution in [0, 0.1) is 5.41 Å². The first-order valence-corrected chi connectivity index (χ1v) is 10.7. The van der Waals surface area contributed by atoms with E-state index in [1.807, 2.05) is 60.7 Å². The quantitative estimate of drug-likeness (QED) is 0.381. The monoisotopic (exact) mass is 460 g/mol. The summed E-state index contributed by atoms with van der Waals surface area (Å²) in [4.78, 5) is 44.0. The molecule has 2 heterocycles. The van der Waals surface area contributed by atoms with Crippen LogP contribution in [0.25, 0.3) is 0 Å². The Morgan fingerprint density at radius 3 is 2.41 bits per heavy atom. The fourth-order valence-electron chi connectivity index (χ4n) is 3.82. The minimum atomic E-state index is -0.885. The molecule has 4 N–H and O–H groups in total. The Balaban J connectivity index is 1.51. The van der Waals surface area contributed by atoms with Crippen molar-refractivity contribution in [3.63, 3.8) is 0 Å². The van der Waals surface area contributed by atoms with Crippen LogP contribution in [0.5, 0.6) is 0 Å². The molecule has 10 nitrogen and oxygen atoms in total. The first-order chi connectivity index (χ1) is 16.4. The number of carbonyl (C=O) groups is 2. The predicted molar refractivity (Wildman–Crippen MR) is 125 cm³/mol. The van der Waals surface area contributed by atoms with E-state index in [9.17, 15) is 14.4 Å². The number of amides is 2. The molecule has 0 bridgehead atoms. The van der Waals surface area contributed by atoms with E-state index in [0.717, 1.165) is 16.0 Å². The second-order valence-corrected chi connectivity index (χ2v) is 7.80. The number of aryl methyl sites for hydroxylation is 1. The number of hydrogen-bond donors (Lipinski definition) is 3. The van der Waals surface area contributed by atoms with Gasteiger partial charge in [-0.25, -0.2) is 9.78 Å². The molecule has 4 rings (SSSR count). The summed E-state index contributed by atoms with van der Waals surface area (Å²) in [7, 11) is 0. The van der Waals surface area contributed by atoms with Crippen LogP contribution in [0.4, 0.5) is 10.5 Å². The Bertz CT molecular complexity index is 1260. The second kappa shape index (κ2) is 9.99. The van der Waals surface area contributed by atoms with Gasteiger partial charge in [0.1, 0.15) is 24.2 Å². The highest BCUT2D eigenvalue weighted by molar-refractivity contribution is 5.97. The number of aromatic nitrogens is 2. The van der Waals surface area contributed by atoms with Gasteiger partial charge in [0.15, 0.2) is 5.96 Å². The average Bonchev–Trinajstić information content (AvgIpc) is 3.29. The van der Waals surface area contributed by atoms with Crippen molar-refractivity contribution in [3.05, 3.63) is 94.2 Å². The van der Waals surface area contributed by atoms with Gasteiger partial charge in [0, 0.05) is 6.42 Å². The molecular weight excluding hydrogens is 436 g/mol. The Hall–Kier alpha value is -4.47. The van der Waals surface area contributed by atoms with E-state index in [-0.39, 0.29) is 18.8 Å². The maximum atomic E-state index is 13.3. The predicted octanol–water partition coefficient (Wildman–Crippen LogP) is 2.40. The highest BCUT2D eigenvalue weighted by Gasteiger charge is 2.35. The van der Waals surface area contributed by atoms with Crippen molar-refractivity contribution in [2.24, 2.45) is 5.73 Å². The number of nitrogens with zero attached hydrogens (tertiary/aromatic N) is 3. The Kier molecular flexibility index (Phi) is 6.67. The van der Waals surface area contributed by atoms with Gasteiger partial charge in [0.05, 0.1) is 12.7 Å². The number of guanidine groups is 1. The zero-order chi connectivity index (χ0) is 24.1. The fourth-order valence-corrected chi connectivity index (χ4v) is 3.82. The summed E-state index contributed by atoms with van der Waals surface area (Å²) in [6.07, 6.45) is 1.19. The number of hydrogen-bond acceptors (Lipinski definition) is 6. The van der Waals surface area contributed by atoms with E-state index < -0.39 is 29.6 Å². The van der Waals surface area contributed by atoms with Crippen molar-refractivity contribution >= 4 is 23.6 Å². The summed E-state index contributed by atoms with van der Waals surface area (Å²) >= 11 is 0. The molecule has 0 radical (unpaired) electrons. The van der Waals surface area contributed by atoms with Gasteiger partial charge in [-0.3, -0.25) is 29.8 Å². The number of rotatable bonds is 6. The normalized spacial score (nSPS) is 14.2. The number of fused-ring (bicyclic) bond motifs is 1. The van der Waals surface area contributed by atoms with Crippen molar-refractivity contribution < 1.29 is 14.3 Å². The van der Waals surface area contributed by atoms with E-state index in [4.69, 9.17) is 15.9 Å². The van der Waals surface area contributed by atoms with Gasteiger partial charge in [0.25, 0.3) is 11.5 Å². The summed E-state index contributed by atoms with van der Waals surface area (Å²) in [5.41, 5.74) is 6.63. The molecule has 10 heteroatoms. The van der Waals surface area contributed by atoms with E-state index in [1.54, 1.807) is 0 Å². The summed E-state index contributed by atoms with van der Waals surface area (Å²) in [6, 6.07) is 17.4. The van der Waals surface area contributed by atoms with E-state index in [2.05, 4.69) is 10.3 Å². The number of benzene rings is 2. The maximum absolute atomic E-state index is 13.3. The molecule has 0 saturated carbocycles. The lowest BCUT2D eigenvalue weighted by Gasteiger charge is -2.25. The van der Waals surface area contributed by atoms with Crippen LogP contribution in [-0.2, 0) is 29.1 Å². The molecule has 1 atom stereocenters. The molecule has 34 heavy (non-hydrogen) atoms.